The Hall–Kier alpha value is -0.690. The van der Waals surface area contributed by atoms with E-state index in [0.29, 0.717) is 13.1 Å². The summed E-state index contributed by atoms with van der Waals surface area (Å²) in [6.45, 7) is 0.960. The molecule has 1 fully saturated rings. The molecule has 1 heterocycles. The summed E-state index contributed by atoms with van der Waals surface area (Å²) in [6, 6.07) is 7.85. The van der Waals surface area contributed by atoms with Gasteiger partial charge in [-0.15, -0.1) is 12.4 Å². The number of rotatable bonds is 3. The van der Waals surface area contributed by atoms with Crippen LogP contribution in [-0.2, 0) is 10.0 Å². The molecule has 0 atom stereocenters. The van der Waals surface area contributed by atoms with Crippen LogP contribution in [0.25, 0.3) is 0 Å². The summed E-state index contributed by atoms with van der Waals surface area (Å²) in [4.78, 5) is 0.0931. The second-order valence-electron chi connectivity index (χ2n) is 4.13. The molecule has 0 amide bonds. The monoisotopic (exact) mass is 294 g/mol. The first-order valence-corrected chi connectivity index (χ1v) is 6.99. The molecule has 0 aliphatic carbocycles. The van der Waals surface area contributed by atoms with Gasteiger partial charge in [0.15, 0.2) is 5.79 Å². The van der Waals surface area contributed by atoms with Crippen molar-refractivity contribution in [3.63, 3.8) is 0 Å². The number of hydrogen-bond donors (Lipinski definition) is 2. The van der Waals surface area contributed by atoms with Crippen LogP contribution in [0.3, 0.4) is 0 Å². The molecule has 0 aromatic heterocycles. The van der Waals surface area contributed by atoms with Gasteiger partial charge >= 0.3 is 0 Å². The van der Waals surface area contributed by atoms with Crippen LogP contribution in [0.15, 0.2) is 35.2 Å². The van der Waals surface area contributed by atoms with Gasteiger partial charge in [0, 0.05) is 12.8 Å². The molecular formula is C11H16ClFN2O2S. The van der Waals surface area contributed by atoms with E-state index >= 15 is 0 Å². The molecule has 0 unspecified atom stereocenters. The van der Waals surface area contributed by atoms with Crippen molar-refractivity contribution in [2.45, 2.75) is 23.5 Å². The van der Waals surface area contributed by atoms with E-state index in [1.807, 2.05) is 0 Å². The number of hydrogen-bond acceptors (Lipinski definition) is 3. The topological polar surface area (TPSA) is 58.2 Å². The number of alkyl halides is 1. The van der Waals surface area contributed by atoms with Gasteiger partial charge in [-0.2, -0.15) is 4.72 Å². The Bertz CT molecular complexity index is 475. The van der Waals surface area contributed by atoms with E-state index < -0.39 is 15.8 Å². The quantitative estimate of drug-likeness (QED) is 0.829. The fourth-order valence-corrected chi connectivity index (χ4v) is 3.14. The van der Waals surface area contributed by atoms with Crippen molar-refractivity contribution in [2.24, 2.45) is 0 Å². The lowest BCUT2D eigenvalue weighted by atomic mass is 10.1. The molecule has 1 aromatic carbocycles. The van der Waals surface area contributed by atoms with Crippen molar-refractivity contribution < 1.29 is 12.8 Å². The second-order valence-corrected chi connectivity index (χ2v) is 5.82. The molecule has 18 heavy (non-hydrogen) atoms. The van der Waals surface area contributed by atoms with E-state index in [4.69, 9.17) is 0 Å². The molecule has 4 nitrogen and oxygen atoms in total. The van der Waals surface area contributed by atoms with E-state index in [2.05, 4.69) is 10.0 Å². The summed E-state index contributed by atoms with van der Waals surface area (Å²) in [7, 11) is -3.77. The van der Waals surface area contributed by atoms with E-state index in [0.717, 1.165) is 0 Å². The molecule has 1 aliphatic heterocycles. The van der Waals surface area contributed by atoms with Gasteiger partial charge in [-0.1, -0.05) is 18.2 Å². The lowest BCUT2D eigenvalue weighted by Crippen LogP contribution is -2.51. The average molecular weight is 295 g/mol. The fourth-order valence-electron chi connectivity index (χ4n) is 1.82. The van der Waals surface area contributed by atoms with Gasteiger partial charge in [0.25, 0.3) is 0 Å². The third-order valence-corrected chi connectivity index (χ3v) is 4.29. The van der Waals surface area contributed by atoms with Crippen LogP contribution < -0.4 is 10.0 Å². The number of sulfonamides is 1. The number of nitrogens with one attached hydrogen (secondary N) is 2. The van der Waals surface area contributed by atoms with E-state index in [1.165, 1.54) is 12.1 Å². The second kappa shape index (κ2) is 5.97. The third-order valence-electron chi connectivity index (χ3n) is 2.77. The highest BCUT2D eigenvalue weighted by Gasteiger charge is 2.36. The molecule has 0 spiro atoms. The number of piperidine rings is 1. The minimum absolute atomic E-state index is 0. The zero-order valence-corrected chi connectivity index (χ0v) is 11.4. The van der Waals surface area contributed by atoms with Crippen molar-refractivity contribution in [3.05, 3.63) is 30.3 Å². The van der Waals surface area contributed by atoms with Crippen molar-refractivity contribution in [1.82, 2.24) is 10.0 Å². The van der Waals surface area contributed by atoms with Gasteiger partial charge in [0.1, 0.15) is 0 Å². The summed E-state index contributed by atoms with van der Waals surface area (Å²) in [5.41, 5.74) is 0. The molecule has 1 aromatic rings. The molecule has 7 heteroatoms. The Morgan fingerprint density at radius 1 is 1.17 bits per heavy atom. The Labute approximate surface area is 112 Å². The minimum atomic E-state index is -3.77. The molecule has 2 N–H and O–H groups in total. The Balaban J connectivity index is 0.00000162. The highest BCUT2D eigenvalue weighted by atomic mass is 35.5. The zero-order chi connectivity index (χ0) is 12.4. The van der Waals surface area contributed by atoms with E-state index in [-0.39, 0.29) is 30.1 Å². The largest absolute Gasteiger partial charge is 0.316 e. The summed E-state index contributed by atoms with van der Waals surface area (Å²) >= 11 is 0. The molecule has 0 radical (unpaired) electrons. The van der Waals surface area contributed by atoms with Gasteiger partial charge in [-0.25, -0.2) is 12.8 Å². The first-order chi connectivity index (χ1) is 8.02. The van der Waals surface area contributed by atoms with Crippen LogP contribution in [0.5, 0.6) is 0 Å². The standard InChI is InChI=1S/C11H15FN2O2S.ClH/c12-11(6-8-13-9-7-11)14-17(15,16)10-4-2-1-3-5-10;/h1-5,13-14H,6-9H2;1H. The van der Waals surface area contributed by atoms with Crippen LogP contribution in [-0.4, -0.2) is 27.3 Å². The maximum atomic E-state index is 14.2. The van der Waals surface area contributed by atoms with Crippen LogP contribution >= 0.6 is 12.4 Å². The zero-order valence-electron chi connectivity index (χ0n) is 9.73. The Kier molecular flexibility index (Phi) is 5.10. The molecule has 102 valence electrons. The molecule has 0 saturated carbocycles. The van der Waals surface area contributed by atoms with Crippen molar-refractivity contribution >= 4 is 22.4 Å². The van der Waals surface area contributed by atoms with Crippen molar-refractivity contribution in [1.29, 1.82) is 0 Å². The van der Waals surface area contributed by atoms with Gasteiger partial charge in [0.2, 0.25) is 10.0 Å². The Morgan fingerprint density at radius 3 is 2.28 bits per heavy atom. The van der Waals surface area contributed by atoms with Gasteiger partial charge in [-0.3, -0.25) is 0 Å². The lowest BCUT2D eigenvalue weighted by molar-refractivity contribution is 0.103. The molecule has 0 bridgehead atoms. The predicted octanol–water partition coefficient (Wildman–Crippen LogP) is 1.44. The lowest BCUT2D eigenvalue weighted by Gasteiger charge is -2.30. The fraction of sp³-hybridized carbons (Fsp3) is 0.455. The van der Waals surface area contributed by atoms with Crippen LogP contribution in [0.4, 0.5) is 4.39 Å². The molecule has 1 saturated heterocycles. The first kappa shape index (κ1) is 15.4. The SMILES string of the molecule is Cl.O=S(=O)(NC1(F)CCNCC1)c1ccccc1. The molecule has 1 aliphatic rings. The van der Waals surface area contributed by atoms with Crippen LogP contribution in [0.2, 0.25) is 0 Å². The Morgan fingerprint density at radius 2 is 1.72 bits per heavy atom. The normalized spacial score (nSPS) is 18.9. The van der Waals surface area contributed by atoms with Crippen LogP contribution in [0.1, 0.15) is 12.8 Å². The van der Waals surface area contributed by atoms with Crippen LogP contribution in [0, 0.1) is 0 Å². The summed E-state index contributed by atoms with van der Waals surface area (Å²) in [5.74, 6) is -1.83. The third kappa shape index (κ3) is 3.65. The minimum Gasteiger partial charge on any atom is -0.316 e. The summed E-state index contributed by atoms with van der Waals surface area (Å²) < 4.78 is 40.2. The van der Waals surface area contributed by atoms with Gasteiger partial charge in [-0.05, 0) is 25.2 Å². The smallest absolute Gasteiger partial charge is 0.243 e. The number of benzene rings is 1. The molecular weight excluding hydrogens is 279 g/mol. The summed E-state index contributed by atoms with van der Waals surface area (Å²) in [5, 5.41) is 2.99. The first-order valence-electron chi connectivity index (χ1n) is 5.51. The maximum Gasteiger partial charge on any atom is 0.243 e. The average Bonchev–Trinajstić information content (AvgIpc) is 2.30. The highest BCUT2D eigenvalue weighted by Crippen LogP contribution is 2.22. The predicted molar refractivity (Wildman–Crippen MR) is 70.0 cm³/mol. The van der Waals surface area contributed by atoms with E-state index in [1.54, 1.807) is 18.2 Å². The number of halogens is 2. The van der Waals surface area contributed by atoms with Crippen molar-refractivity contribution in [3.8, 4) is 0 Å². The van der Waals surface area contributed by atoms with Gasteiger partial charge in [0.05, 0.1) is 4.90 Å². The van der Waals surface area contributed by atoms with E-state index in [9.17, 15) is 12.8 Å². The highest BCUT2D eigenvalue weighted by molar-refractivity contribution is 7.89. The summed E-state index contributed by atoms with van der Waals surface area (Å²) in [6.07, 6.45) is 0.304. The maximum absolute atomic E-state index is 14.2. The molecule has 2 rings (SSSR count). The van der Waals surface area contributed by atoms with Gasteiger partial charge < -0.3 is 5.32 Å². The van der Waals surface area contributed by atoms with Crippen molar-refractivity contribution in [2.75, 3.05) is 13.1 Å².